The first-order chi connectivity index (χ1) is 13.9. The molecular formula is C25H24AuO2P. The topological polar surface area (TPSA) is 26.3 Å². The van der Waals surface area contributed by atoms with Crippen molar-refractivity contribution in [2.24, 2.45) is 0 Å². The molecule has 0 aliphatic carbocycles. The minimum Gasteiger partial charge on any atom is -0.0622 e. The second kappa shape index (κ2) is 9.69. The molecule has 29 heavy (non-hydrogen) atoms. The Kier molecular flexibility index (Phi) is 7.27. The quantitative estimate of drug-likeness (QED) is 0.256. The average molecular weight is 584 g/mol. The van der Waals surface area contributed by atoms with E-state index in [1.807, 2.05) is 13.8 Å². The first-order valence-corrected chi connectivity index (χ1v) is 11.8. The van der Waals surface area contributed by atoms with Gasteiger partial charge in [-0.25, -0.2) is 0 Å². The van der Waals surface area contributed by atoms with E-state index in [9.17, 15) is 4.79 Å². The van der Waals surface area contributed by atoms with Crippen molar-refractivity contribution >= 4 is 29.8 Å². The molecule has 0 atom stereocenters. The third-order valence-electron chi connectivity index (χ3n) is 4.48. The number of hydrogen-bond donors (Lipinski definition) is 0. The van der Waals surface area contributed by atoms with E-state index < -0.39 is 13.5 Å². The van der Waals surface area contributed by atoms with E-state index >= 15 is 0 Å². The van der Waals surface area contributed by atoms with Crippen LogP contribution in [0.2, 0.25) is 0 Å². The fourth-order valence-corrected chi connectivity index (χ4v) is 5.70. The van der Waals surface area contributed by atoms with Crippen LogP contribution in [-0.4, -0.2) is 11.6 Å². The van der Waals surface area contributed by atoms with Crippen molar-refractivity contribution < 1.29 is 30.6 Å². The van der Waals surface area contributed by atoms with Gasteiger partial charge in [-0.05, 0) is 23.8 Å². The smallest absolute Gasteiger partial charge is 0.0134 e. The zero-order valence-electron chi connectivity index (χ0n) is 16.7. The van der Waals surface area contributed by atoms with E-state index in [1.165, 1.54) is 15.9 Å². The molecule has 4 heteroatoms. The van der Waals surface area contributed by atoms with Crippen molar-refractivity contribution in [3.63, 3.8) is 0 Å². The number of benzene rings is 3. The Morgan fingerprint density at radius 2 is 1.07 bits per heavy atom. The van der Waals surface area contributed by atoms with Gasteiger partial charge in [-0.1, -0.05) is 91.0 Å². The molecule has 1 aliphatic heterocycles. The first kappa shape index (κ1) is 21.7. The number of carbonyl (C=O) groups is 1. The van der Waals surface area contributed by atoms with Crippen LogP contribution in [0.25, 0.3) is 0 Å². The first-order valence-electron chi connectivity index (χ1n) is 9.42. The van der Waals surface area contributed by atoms with Crippen molar-refractivity contribution in [1.82, 2.24) is 0 Å². The molecule has 0 amide bonds. The molecule has 0 saturated carbocycles. The van der Waals surface area contributed by atoms with Gasteiger partial charge < -0.3 is 0 Å². The predicted molar refractivity (Wildman–Crippen MR) is 118 cm³/mol. The van der Waals surface area contributed by atoms with Crippen molar-refractivity contribution in [3.05, 3.63) is 100 Å². The van der Waals surface area contributed by atoms with Gasteiger partial charge in [-0.2, -0.15) is 0 Å². The molecule has 0 unspecified atom stereocenters. The minimum absolute atomic E-state index is 0.192. The predicted octanol–water partition coefficient (Wildman–Crippen LogP) is 4.59. The summed E-state index contributed by atoms with van der Waals surface area (Å²) in [6.45, 7) is 5.56. The van der Waals surface area contributed by atoms with E-state index in [1.54, 1.807) is 6.92 Å². The molecule has 1 aliphatic rings. The molecule has 0 aromatic heterocycles. The summed E-state index contributed by atoms with van der Waals surface area (Å²) < 4.78 is 6.03. The monoisotopic (exact) mass is 584 g/mol. The van der Waals surface area contributed by atoms with E-state index in [0.717, 1.165) is 9.36 Å². The molecule has 0 radical (unpaired) electrons. The summed E-state index contributed by atoms with van der Waals surface area (Å²) in [5.74, 6) is -0.192. The van der Waals surface area contributed by atoms with Crippen molar-refractivity contribution in [2.45, 2.75) is 26.4 Å². The van der Waals surface area contributed by atoms with E-state index in [0.29, 0.717) is 0 Å². The number of cyclic esters (lactones) is 1. The second-order valence-corrected chi connectivity index (χ2v) is 10.4. The summed E-state index contributed by atoms with van der Waals surface area (Å²) in [7, 11) is -0.446. The number of rotatable bonds is 3. The molecule has 0 saturated heterocycles. The summed E-state index contributed by atoms with van der Waals surface area (Å²) in [5, 5.41) is 4.19. The molecule has 0 fully saturated rings. The van der Waals surface area contributed by atoms with Gasteiger partial charge >= 0.3 is 72.3 Å². The van der Waals surface area contributed by atoms with Crippen LogP contribution in [0, 0.1) is 0 Å². The normalized spacial score (nSPS) is 15.0. The summed E-state index contributed by atoms with van der Waals surface area (Å²) in [4.78, 5) is 10.9. The molecule has 0 N–H and O–H groups in total. The van der Waals surface area contributed by atoms with E-state index in [2.05, 4.69) is 112 Å². The van der Waals surface area contributed by atoms with Gasteiger partial charge in [0.2, 0.25) is 0 Å². The molecule has 4 rings (SSSR count). The summed E-state index contributed by atoms with van der Waals surface area (Å²) >= 11 is 2.34. The molecule has 2 nitrogen and oxygen atoms in total. The summed E-state index contributed by atoms with van der Waals surface area (Å²) in [5.41, 5.74) is 0.331. The zero-order valence-corrected chi connectivity index (χ0v) is 19.8. The number of hydrogen-bond acceptors (Lipinski definition) is 2. The Labute approximate surface area is 186 Å². The molecule has 152 valence electrons. The van der Waals surface area contributed by atoms with E-state index in [4.69, 9.17) is 4.74 Å². The van der Waals surface area contributed by atoms with Gasteiger partial charge in [-0.15, -0.1) is 0 Å². The van der Waals surface area contributed by atoms with Crippen molar-refractivity contribution in [1.29, 1.82) is 0 Å². The SMILES string of the molecule is CC1=[C]([Au])C(C)(C)OC1=O.c1ccc(P(c2ccccc2)c2ccccc2)cc1. The summed E-state index contributed by atoms with van der Waals surface area (Å²) in [6, 6.07) is 32.3. The molecule has 3 aromatic carbocycles. The third-order valence-corrected chi connectivity index (χ3v) is 9.04. The third kappa shape index (κ3) is 5.35. The Hall–Kier alpha value is -1.96. The standard InChI is InChI=1S/C18H15P.C7H9O2.Au/c1-4-10-16(11-5-1)19(17-12-6-2-7-13-17)18-14-8-3-9-15-18;1-5-4-7(2,3)9-6(5)8;/h1-15H;1-3H3;. The van der Waals surface area contributed by atoms with Crippen LogP contribution in [0.5, 0.6) is 0 Å². The zero-order chi connectivity index (χ0) is 20.9. The number of esters is 1. The molecule has 1 heterocycles. The fraction of sp³-hybridized carbons (Fsp3) is 0.160. The van der Waals surface area contributed by atoms with E-state index in [-0.39, 0.29) is 5.97 Å². The Morgan fingerprint density at radius 3 is 1.28 bits per heavy atom. The molecule has 0 bridgehead atoms. The Bertz CT molecular complexity index is 889. The van der Waals surface area contributed by atoms with Crippen LogP contribution in [0.4, 0.5) is 0 Å². The second-order valence-electron chi connectivity index (χ2n) is 7.14. The molecule has 0 spiro atoms. The fourth-order valence-electron chi connectivity index (χ4n) is 3.06. The number of ether oxygens (including phenoxy) is 1. The molecular weight excluding hydrogens is 560 g/mol. The van der Waals surface area contributed by atoms with Gasteiger partial charge in [0.05, 0.1) is 0 Å². The van der Waals surface area contributed by atoms with Gasteiger partial charge in [0.1, 0.15) is 0 Å². The van der Waals surface area contributed by atoms with Crippen molar-refractivity contribution in [3.8, 4) is 0 Å². The Balaban J connectivity index is 0.000000204. The van der Waals surface area contributed by atoms with Crippen LogP contribution in [0.15, 0.2) is 100 Å². The number of carbonyl (C=O) groups excluding carboxylic acids is 1. The van der Waals surface area contributed by atoms with Crippen LogP contribution < -0.4 is 15.9 Å². The molecule has 3 aromatic rings. The maximum Gasteiger partial charge on any atom is -0.0134 e. The largest absolute Gasteiger partial charge is 0.0622 e. The van der Waals surface area contributed by atoms with Gasteiger partial charge in [-0.3, -0.25) is 0 Å². The maximum absolute atomic E-state index is 10.9. The van der Waals surface area contributed by atoms with Crippen LogP contribution in [-0.2, 0) is 30.6 Å². The van der Waals surface area contributed by atoms with Gasteiger partial charge in [0.25, 0.3) is 0 Å². The van der Waals surface area contributed by atoms with Crippen LogP contribution in [0.1, 0.15) is 20.8 Å². The van der Waals surface area contributed by atoms with Crippen LogP contribution in [0.3, 0.4) is 0 Å². The van der Waals surface area contributed by atoms with Crippen molar-refractivity contribution in [2.75, 3.05) is 0 Å². The van der Waals surface area contributed by atoms with Gasteiger partial charge in [0.15, 0.2) is 0 Å². The summed E-state index contributed by atoms with van der Waals surface area (Å²) in [6.07, 6.45) is 0. The van der Waals surface area contributed by atoms with Gasteiger partial charge in [0, 0.05) is 0 Å². The average Bonchev–Trinajstić information content (AvgIpc) is 2.92. The maximum atomic E-state index is 10.9. The minimum atomic E-state index is -0.446. The Morgan fingerprint density at radius 1 is 0.724 bits per heavy atom. The van der Waals surface area contributed by atoms with Crippen LogP contribution >= 0.6 is 7.92 Å².